The van der Waals surface area contributed by atoms with E-state index in [1.54, 1.807) is 18.2 Å². The highest BCUT2D eigenvalue weighted by atomic mass is 32.1. The van der Waals surface area contributed by atoms with Crippen molar-refractivity contribution < 1.29 is 14.0 Å². The van der Waals surface area contributed by atoms with Gasteiger partial charge >= 0.3 is 6.03 Å². The normalized spacial score (nSPS) is 17.1. The number of benzene rings is 1. The first kappa shape index (κ1) is 17.4. The van der Waals surface area contributed by atoms with Gasteiger partial charge in [0.2, 0.25) is 0 Å². The summed E-state index contributed by atoms with van der Waals surface area (Å²) >= 11 is 1.18. The fraction of sp³-hybridized carbons (Fsp3) is 0.294. The van der Waals surface area contributed by atoms with E-state index in [2.05, 4.69) is 16.0 Å². The summed E-state index contributed by atoms with van der Waals surface area (Å²) in [5.41, 5.74) is 6.17. The number of hydrogen-bond donors (Lipinski definition) is 4. The van der Waals surface area contributed by atoms with Crippen LogP contribution in [0.25, 0.3) is 10.4 Å². The third-order valence-corrected chi connectivity index (χ3v) is 5.05. The molecule has 2 heterocycles. The molecule has 1 saturated heterocycles. The number of hydrogen-bond acceptors (Lipinski definition) is 4. The van der Waals surface area contributed by atoms with E-state index >= 15 is 0 Å². The monoisotopic (exact) mass is 362 g/mol. The summed E-state index contributed by atoms with van der Waals surface area (Å²) in [5.74, 6) is -0.647. The molecule has 1 unspecified atom stereocenters. The molecule has 6 nitrogen and oxygen atoms in total. The van der Waals surface area contributed by atoms with Crippen LogP contribution < -0.4 is 21.7 Å². The van der Waals surface area contributed by atoms with E-state index in [4.69, 9.17) is 5.73 Å². The zero-order valence-electron chi connectivity index (χ0n) is 13.5. The average Bonchev–Trinajstić information content (AvgIpc) is 2.99. The second kappa shape index (κ2) is 7.62. The summed E-state index contributed by atoms with van der Waals surface area (Å²) in [6, 6.07) is 7.02. The third kappa shape index (κ3) is 4.34. The van der Waals surface area contributed by atoms with Crippen molar-refractivity contribution in [2.24, 2.45) is 5.73 Å². The van der Waals surface area contributed by atoms with Crippen molar-refractivity contribution in [3.8, 4) is 10.4 Å². The Kier molecular flexibility index (Phi) is 5.30. The van der Waals surface area contributed by atoms with Crippen molar-refractivity contribution in [1.29, 1.82) is 0 Å². The number of anilines is 1. The molecule has 132 valence electrons. The first-order chi connectivity index (χ1) is 12.0. The van der Waals surface area contributed by atoms with Gasteiger partial charge in [-0.1, -0.05) is 12.1 Å². The Labute approximate surface area is 148 Å². The number of nitrogens with one attached hydrogen (secondary N) is 3. The fourth-order valence-corrected chi connectivity index (χ4v) is 3.84. The lowest BCUT2D eigenvalue weighted by atomic mass is 10.1. The number of piperidine rings is 1. The van der Waals surface area contributed by atoms with Crippen molar-refractivity contribution in [3.63, 3.8) is 0 Å². The molecule has 3 rings (SSSR count). The van der Waals surface area contributed by atoms with Gasteiger partial charge in [-0.05, 0) is 43.1 Å². The number of carbonyl (C=O) groups is 2. The molecule has 1 atom stereocenters. The van der Waals surface area contributed by atoms with Gasteiger partial charge in [0.25, 0.3) is 5.91 Å². The highest BCUT2D eigenvalue weighted by molar-refractivity contribution is 7.20. The second-order valence-electron chi connectivity index (χ2n) is 5.87. The molecule has 0 aliphatic carbocycles. The van der Waals surface area contributed by atoms with Crippen LogP contribution in [0.15, 0.2) is 30.3 Å². The van der Waals surface area contributed by atoms with Crippen LogP contribution in [0.3, 0.4) is 0 Å². The van der Waals surface area contributed by atoms with E-state index in [0.29, 0.717) is 27.5 Å². The first-order valence-electron chi connectivity index (χ1n) is 8.01. The Morgan fingerprint density at radius 1 is 1.32 bits per heavy atom. The Balaban J connectivity index is 1.87. The Morgan fingerprint density at radius 3 is 2.84 bits per heavy atom. The number of thiophene rings is 1. The van der Waals surface area contributed by atoms with Crippen LogP contribution in [0.4, 0.5) is 14.2 Å². The van der Waals surface area contributed by atoms with Crippen LogP contribution >= 0.6 is 11.3 Å². The molecule has 1 aromatic carbocycles. The zero-order valence-corrected chi connectivity index (χ0v) is 14.3. The van der Waals surface area contributed by atoms with Crippen LogP contribution in [0.2, 0.25) is 0 Å². The molecule has 0 radical (unpaired) electrons. The topological polar surface area (TPSA) is 96.2 Å². The van der Waals surface area contributed by atoms with Gasteiger partial charge in [0.05, 0.1) is 5.56 Å². The summed E-state index contributed by atoms with van der Waals surface area (Å²) in [7, 11) is 0. The number of carbonyl (C=O) groups excluding carboxylic acids is 2. The number of amides is 3. The minimum absolute atomic E-state index is 0.0418. The SMILES string of the molecule is NC(=O)Nc1sc(-c2cccc(F)c2)cc1C(=O)NC1CCCNC1. The van der Waals surface area contributed by atoms with E-state index in [9.17, 15) is 14.0 Å². The van der Waals surface area contributed by atoms with Gasteiger partial charge in [-0.25, -0.2) is 9.18 Å². The van der Waals surface area contributed by atoms with Gasteiger partial charge in [0.1, 0.15) is 10.8 Å². The van der Waals surface area contributed by atoms with Crippen LogP contribution in [-0.2, 0) is 0 Å². The molecule has 1 aromatic heterocycles. The molecule has 3 amide bonds. The molecule has 0 spiro atoms. The van der Waals surface area contributed by atoms with E-state index < -0.39 is 6.03 Å². The highest BCUT2D eigenvalue weighted by Crippen LogP contribution is 2.35. The molecule has 25 heavy (non-hydrogen) atoms. The van der Waals surface area contributed by atoms with Gasteiger partial charge in [0, 0.05) is 17.5 Å². The average molecular weight is 362 g/mol. The minimum atomic E-state index is -0.749. The molecule has 1 fully saturated rings. The van der Waals surface area contributed by atoms with Crippen molar-refractivity contribution in [3.05, 3.63) is 41.7 Å². The molecular weight excluding hydrogens is 343 g/mol. The van der Waals surface area contributed by atoms with Crippen molar-refractivity contribution in [2.75, 3.05) is 18.4 Å². The van der Waals surface area contributed by atoms with Crippen LogP contribution in [-0.4, -0.2) is 31.1 Å². The lowest BCUT2D eigenvalue weighted by molar-refractivity contribution is 0.0932. The summed E-state index contributed by atoms with van der Waals surface area (Å²) < 4.78 is 13.5. The van der Waals surface area contributed by atoms with Crippen molar-refractivity contribution >= 4 is 28.3 Å². The quantitative estimate of drug-likeness (QED) is 0.673. The van der Waals surface area contributed by atoms with Gasteiger partial charge in [0.15, 0.2) is 0 Å². The summed E-state index contributed by atoms with van der Waals surface area (Å²) in [6.45, 7) is 1.66. The third-order valence-electron chi connectivity index (χ3n) is 3.95. The minimum Gasteiger partial charge on any atom is -0.351 e. The van der Waals surface area contributed by atoms with Gasteiger partial charge < -0.3 is 16.4 Å². The lowest BCUT2D eigenvalue weighted by Crippen LogP contribution is -2.45. The molecule has 0 bridgehead atoms. The van der Waals surface area contributed by atoms with Crippen LogP contribution in [0, 0.1) is 5.82 Å². The van der Waals surface area contributed by atoms with Crippen molar-refractivity contribution in [2.45, 2.75) is 18.9 Å². The largest absolute Gasteiger partial charge is 0.351 e. The lowest BCUT2D eigenvalue weighted by Gasteiger charge is -2.23. The van der Waals surface area contributed by atoms with E-state index in [0.717, 1.165) is 19.4 Å². The number of urea groups is 1. The summed E-state index contributed by atoms with van der Waals surface area (Å²) in [4.78, 5) is 24.6. The van der Waals surface area contributed by atoms with Gasteiger partial charge in [-0.3, -0.25) is 10.1 Å². The Morgan fingerprint density at radius 2 is 2.16 bits per heavy atom. The van der Waals surface area contributed by atoms with E-state index in [1.807, 2.05) is 0 Å². The molecule has 0 saturated carbocycles. The number of primary amides is 1. The zero-order chi connectivity index (χ0) is 17.8. The Bertz CT molecular complexity index is 787. The van der Waals surface area contributed by atoms with Crippen LogP contribution in [0.5, 0.6) is 0 Å². The summed E-state index contributed by atoms with van der Waals surface area (Å²) in [6.07, 6.45) is 1.90. The van der Waals surface area contributed by atoms with Crippen LogP contribution in [0.1, 0.15) is 23.2 Å². The maximum absolute atomic E-state index is 13.5. The standard InChI is InChI=1S/C17H19FN4O2S/c18-11-4-1-3-10(7-11)14-8-13(16(25-14)22-17(19)24)15(23)21-12-5-2-6-20-9-12/h1,3-4,7-8,12,20H,2,5-6,9H2,(H,21,23)(H3,19,22,24). The number of halogens is 1. The van der Waals surface area contributed by atoms with E-state index in [-0.39, 0.29) is 17.8 Å². The predicted octanol–water partition coefficient (Wildman–Crippen LogP) is 2.53. The maximum atomic E-state index is 13.5. The molecule has 1 aliphatic heterocycles. The fourth-order valence-electron chi connectivity index (χ4n) is 2.79. The molecular formula is C17H19FN4O2S. The van der Waals surface area contributed by atoms with Crippen molar-refractivity contribution in [1.82, 2.24) is 10.6 Å². The molecule has 5 N–H and O–H groups in total. The number of rotatable bonds is 4. The molecule has 1 aliphatic rings. The first-order valence-corrected chi connectivity index (χ1v) is 8.82. The van der Waals surface area contributed by atoms with E-state index in [1.165, 1.54) is 23.5 Å². The summed E-state index contributed by atoms with van der Waals surface area (Å²) in [5, 5.41) is 9.03. The number of nitrogens with two attached hydrogens (primary N) is 1. The van der Waals surface area contributed by atoms with Gasteiger partial charge in [-0.15, -0.1) is 11.3 Å². The predicted molar refractivity (Wildman–Crippen MR) is 96.3 cm³/mol. The maximum Gasteiger partial charge on any atom is 0.317 e. The van der Waals surface area contributed by atoms with Gasteiger partial charge in [-0.2, -0.15) is 0 Å². The highest BCUT2D eigenvalue weighted by Gasteiger charge is 2.22. The Hall–Kier alpha value is -2.45. The molecule has 2 aromatic rings. The molecule has 8 heteroatoms. The second-order valence-corrected chi connectivity index (χ2v) is 6.92. The smallest absolute Gasteiger partial charge is 0.317 e.